The molecule has 0 unspecified atom stereocenters. The Morgan fingerprint density at radius 1 is 1.15 bits per heavy atom. The molecule has 1 fully saturated rings. The lowest BCUT2D eigenvalue weighted by atomic mass is 10.2. The first kappa shape index (κ1) is 12.2. The van der Waals surface area contributed by atoms with E-state index in [0.717, 1.165) is 11.1 Å². The number of imide groups is 1. The molecule has 0 atom stereocenters. The van der Waals surface area contributed by atoms with Crippen LogP contribution in [0.15, 0.2) is 59.0 Å². The number of hydrogen-bond donors (Lipinski definition) is 1. The van der Waals surface area contributed by atoms with Crippen molar-refractivity contribution in [2.24, 2.45) is 0 Å². The number of hydrogen-bond acceptors (Lipinski definition) is 3. The summed E-state index contributed by atoms with van der Waals surface area (Å²) in [5.41, 5.74) is 1.89. The maximum absolute atomic E-state index is 12.2. The number of nitrogens with one attached hydrogen (secondary N) is 1. The molecule has 0 spiro atoms. The van der Waals surface area contributed by atoms with Gasteiger partial charge in [0.2, 0.25) is 0 Å². The number of furan rings is 1. The highest BCUT2D eigenvalue weighted by molar-refractivity contribution is 6.13. The van der Waals surface area contributed by atoms with Crippen LogP contribution in [-0.2, 0) is 11.3 Å². The van der Waals surface area contributed by atoms with Crippen molar-refractivity contribution in [3.8, 4) is 0 Å². The number of carbonyl (C=O) groups excluding carboxylic acids is 2. The maximum atomic E-state index is 12.2. The minimum atomic E-state index is -0.409. The molecule has 1 aromatic carbocycles. The van der Waals surface area contributed by atoms with Gasteiger partial charge in [0.15, 0.2) is 0 Å². The Morgan fingerprint density at radius 3 is 2.65 bits per heavy atom. The van der Waals surface area contributed by atoms with Crippen LogP contribution in [0.5, 0.6) is 0 Å². The molecule has 0 saturated carbocycles. The van der Waals surface area contributed by atoms with Gasteiger partial charge in [-0.3, -0.25) is 9.69 Å². The third-order valence-corrected chi connectivity index (χ3v) is 3.00. The molecular weight excluding hydrogens is 256 g/mol. The number of nitrogens with zero attached hydrogens (tertiary/aromatic N) is 1. The van der Waals surface area contributed by atoms with Crippen molar-refractivity contribution < 1.29 is 14.0 Å². The van der Waals surface area contributed by atoms with Gasteiger partial charge in [-0.2, -0.15) is 0 Å². The molecule has 0 bridgehead atoms. The van der Waals surface area contributed by atoms with E-state index < -0.39 is 6.03 Å². The molecule has 100 valence electrons. The molecular formula is C15H12N2O3. The number of amides is 3. The standard InChI is InChI=1S/C15H12N2O3/c18-14-13(8-12-6-7-20-10-12)16-15(19)17(14)9-11-4-2-1-3-5-11/h1-8,10H,9H2,(H,16,19)/b13-8+. The van der Waals surface area contributed by atoms with Gasteiger partial charge in [0.1, 0.15) is 5.70 Å². The second-order valence-electron chi connectivity index (χ2n) is 4.42. The SMILES string of the molecule is O=C1N/C(=C/c2ccoc2)C(=O)N1Cc1ccccc1. The summed E-state index contributed by atoms with van der Waals surface area (Å²) in [6.45, 7) is 0.258. The molecule has 5 heteroatoms. The molecule has 1 aromatic heterocycles. The first-order chi connectivity index (χ1) is 9.74. The van der Waals surface area contributed by atoms with E-state index in [1.165, 1.54) is 17.4 Å². The Morgan fingerprint density at radius 2 is 1.95 bits per heavy atom. The molecule has 2 aromatic rings. The van der Waals surface area contributed by atoms with Crippen LogP contribution in [0.2, 0.25) is 0 Å². The first-order valence-corrected chi connectivity index (χ1v) is 6.15. The van der Waals surface area contributed by atoms with E-state index >= 15 is 0 Å². The van der Waals surface area contributed by atoms with Gasteiger partial charge in [-0.1, -0.05) is 30.3 Å². The lowest BCUT2D eigenvalue weighted by molar-refractivity contribution is -0.123. The Labute approximate surface area is 115 Å². The molecule has 1 aliphatic rings. The average Bonchev–Trinajstić information content (AvgIpc) is 3.05. The summed E-state index contributed by atoms with van der Waals surface area (Å²) in [4.78, 5) is 25.2. The van der Waals surface area contributed by atoms with Gasteiger partial charge in [0.25, 0.3) is 5.91 Å². The third-order valence-electron chi connectivity index (χ3n) is 3.00. The van der Waals surface area contributed by atoms with Gasteiger partial charge >= 0.3 is 6.03 Å². The number of urea groups is 1. The summed E-state index contributed by atoms with van der Waals surface area (Å²) in [6, 6.07) is 10.7. The molecule has 3 rings (SSSR count). The fourth-order valence-electron chi connectivity index (χ4n) is 2.00. The van der Waals surface area contributed by atoms with Crippen molar-refractivity contribution in [3.63, 3.8) is 0 Å². The van der Waals surface area contributed by atoms with Crippen molar-refractivity contribution in [2.75, 3.05) is 0 Å². The van der Waals surface area contributed by atoms with Crippen LogP contribution in [0.1, 0.15) is 11.1 Å². The van der Waals surface area contributed by atoms with Crippen molar-refractivity contribution >= 4 is 18.0 Å². The molecule has 3 amide bonds. The topological polar surface area (TPSA) is 62.6 Å². The number of carbonyl (C=O) groups is 2. The summed E-state index contributed by atoms with van der Waals surface area (Å²) in [5.74, 6) is -0.333. The Bertz CT molecular complexity index is 660. The highest BCUT2D eigenvalue weighted by Gasteiger charge is 2.33. The van der Waals surface area contributed by atoms with Gasteiger partial charge in [-0.15, -0.1) is 0 Å². The molecule has 1 saturated heterocycles. The van der Waals surface area contributed by atoms with Crippen LogP contribution in [-0.4, -0.2) is 16.8 Å². The zero-order valence-electron chi connectivity index (χ0n) is 10.6. The second-order valence-corrected chi connectivity index (χ2v) is 4.42. The number of rotatable bonds is 3. The second kappa shape index (κ2) is 5.05. The van der Waals surface area contributed by atoms with Gasteiger partial charge in [0, 0.05) is 5.56 Å². The van der Waals surface area contributed by atoms with E-state index in [1.54, 1.807) is 12.1 Å². The summed E-state index contributed by atoms with van der Waals surface area (Å²) in [6.07, 6.45) is 4.61. The molecule has 2 heterocycles. The van der Waals surface area contributed by atoms with Gasteiger partial charge < -0.3 is 9.73 Å². The van der Waals surface area contributed by atoms with Crippen LogP contribution in [0.25, 0.3) is 6.08 Å². The van der Waals surface area contributed by atoms with Crippen molar-refractivity contribution in [1.29, 1.82) is 0 Å². The van der Waals surface area contributed by atoms with E-state index in [4.69, 9.17) is 4.42 Å². The van der Waals surface area contributed by atoms with E-state index in [1.807, 2.05) is 30.3 Å². The summed E-state index contributed by atoms with van der Waals surface area (Å²) in [7, 11) is 0. The predicted octanol–water partition coefficient (Wildman–Crippen LogP) is 2.37. The van der Waals surface area contributed by atoms with E-state index in [-0.39, 0.29) is 18.1 Å². The smallest absolute Gasteiger partial charge is 0.329 e. The molecule has 1 N–H and O–H groups in total. The Balaban J connectivity index is 1.81. The quantitative estimate of drug-likeness (QED) is 0.686. The van der Waals surface area contributed by atoms with Crippen molar-refractivity contribution in [3.05, 3.63) is 65.7 Å². The summed E-state index contributed by atoms with van der Waals surface area (Å²) >= 11 is 0. The summed E-state index contributed by atoms with van der Waals surface area (Å²) < 4.78 is 4.93. The van der Waals surface area contributed by atoms with E-state index in [2.05, 4.69) is 5.32 Å². The van der Waals surface area contributed by atoms with E-state index in [9.17, 15) is 9.59 Å². The molecule has 1 aliphatic heterocycles. The Hall–Kier alpha value is -2.82. The van der Waals surface area contributed by atoms with Gasteiger partial charge in [0.05, 0.1) is 19.1 Å². The van der Waals surface area contributed by atoms with Crippen molar-refractivity contribution in [1.82, 2.24) is 10.2 Å². The molecule has 0 radical (unpaired) electrons. The van der Waals surface area contributed by atoms with Crippen LogP contribution in [0.3, 0.4) is 0 Å². The molecule has 20 heavy (non-hydrogen) atoms. The third kappa shape index (κ3) is 2.33. The molecule has 0 aliphatic carbocycles. The van der Waals surface area contributed by atoms with E-state index in [0.29, 0.717) is 0 Å². The molecule has 5 nitrogen and oxygen atoms in total. The fraction of sp³-hybridized carbons (Fsp3) is 0.0667. The fourth-order valence-corrected chi connectivity index (χ4v) is 2.00. The monoisotopic (exact) mass is 268 g/mol. The van der Waals surface area contributed by atoms with Crippen LogP contribution in [0.4, 0.5) is 4.79 Å². The predicted molar refractivity (Wildman–Crippen MR) is 72.2 cm³/mol. The normalized spacial score (nSPS) is 16.8. The lowest BCUT2D eigenvalue weighted by Gasteiger charge is -2.11. The lowest BCUT2D eigenvalue weighted by Crippen LogP contribution is -2.30. The van der Waals surface area contributed by atoms with Crippen LogP contribution in [0, 0.1) is 0 Å². The zero-order chi connectivity index (χ0) is 13.9. The minimum absolute atomic E-state index is 0.257. The largest absolute Gasteiger partial charge is 0.472 e. The Kier molecular flexibility index (Phi) is 3.09. The van der Waals surface area contributed by atoms with Crippen LogP contribution >= 0.6 is 0 Å². The van der Waals surface area contributed by atoms with Gasteiger partial charge in [-0.25, -0.2) is 4.79 Å². The highest BCUT2D eigenvalue weighted by Crippen LogP contribution is 2.16. The zero-order valence-corrected chi connectivity index (χ0v) is 10.6. The van der Waals surface area contributed by atoms with Crippen molar-refractivity contribution in [2.45, 2.75) is 6.54 Å². The average molecular weight is 268 g/mol. The van der Waals surface area contributed by atoms with Gasteiger partial charge in [-0.05, 0) is 17.7 Å². The maximum Gasteiger partial charge on any atom is 0.329 e. The minimum Gasteiger partial charge on any atom is -0.472 e. The van der Waals surface area contributed by atoms with Crippen LogP contribution < -0.4 is 5.32 Å². The first-order valence-electron chi connectivity index (χ1n) is 6.15. The number of benzene rings is 1. The highest BCUT2D eigenvalue weighted by atomic mass is 16.3. The summed E-state index contributed by atoms with van der Waals surface area (Å²) in [5, 5.41) is 2.57.